The van der Waals surface area contributed by atoms with E-state index in [-0.39, 0.29) is 24.0 Å². The maximum Gasteiger partial charge on any atom is 0.191 e. The maximum absolute atomic E-state index is 10.7. The Bertz CT molecular complexity index is 575. The third kappa shape index (κ3) is 9.90. The van der Waals surface area contributed by atoms with Crippen LogP contribution in [0.25, 0.3) is 0 Å². The lowest BCUT2D eigenvalue weighted by atomic mass is 10.1. The number of hydrogen-bond acceptors (Lipinski definition) is 5. The highest BCUT2D eigenvalue weighted by Crippen LogP contribution is 2.11. The fourth-order valence-corrected chi connectivity index (χ4v) is 2.85. The molecule has 0 aliphatic carbocycles. The second-order valence-corrected chi connectivity index (χ2v) is 7.17. The van der Waals surface area contributed by atoms with Crippen LogP contribution in [0.5, 0.6) is 5.75 Å². The number of nitrogens with one attached hydrogen (secondary N) is 2. The minimum atomic E-state index is -0.877. The SMILES string of the molecule is CCNC(=NCC(C)(O)CN1CCOCC1)NCCOc1ccc(C)cc1.I. The normalized spacial score (nSPS) is 17.4. The number of nitrogens with zero attached hydrogens (tertiary/aromatic N) is 2. The molecule has 0 radical (unpaired) electrons. The molecule has 1 heterocycles. The van der Waals surface area contributed by atoms with Gasteiger partial charge in [-0.2, -0.15) is 0 Å². The number of aliphatic hydroxyl groups is 1. The zero-order chi connectivity index (χ0) is 19.5. The number of aryl methyl sites for hydroxylation is 1. The molecular formula is C20H35IN4O3. The number of ether oxygens (including phenoxy) is 2. The van der Waals surface area contributed by atoms with Crippen LogP contribution in [0.4, 0.5) is 0 Å². The Hall–Kier alpha value is -1.10. The molecule has 0 saturated carbocycles. The fraction of sp³-hybridized carbons (Fsp3) is 0.650. The van der Waals surface area contributed by atoms with E-state index in [9.17, 15) is 5.11 Å². The number of rotatable bonds is 9. The van der Waals surface area contributed by atoms with Crippen LogP contribution in [0.15, 0.2) is 29.3 Å². The van der Waals surface area contributed by atoms with Crippen LogP contribution in [0.2, 0.25) is 0 Å². The van der Waals surface area contributed by atoms with Gasteiger partial charge in [-0.3, -0.25) is 9.89 Å². The molecule has 28 heavy (non-hydrogen) atoms. The summed E-state index contributed by atoms with van der Waals surface area (Å²) in [5.74, 6) is 1.55. The topological polar surface area (TPSA) is 78.4 Å². The van der Waals surface area contributed by atoms with Crippen molar-refractivity contribution in [2.24, 2.45) is 4.99 Å². The monoisotopic (exact) mass is 506 g/mol. The smallest absolute Gasteiger partial charge is 0.191 e. The molecule has 1 aliphatic heterocycles. The molecule has 1 atom stereocenters. The summed E-state index contributed by atoms with van der Waals surface area (Å²) < 4.78 is 11.1. The number of guanidine groups is 1. The summed E-state index contributed by atoms with van der Waals surface area (Å²) in [6.07, 6.45) is 0. The highest BCUT2D eigenvalue weighted by molar-refractivity contribution is 14.0. The molecule has 8 heteroatoms. The number of β-amino-alcohol motifs (C(OH)–C–C–N with tert-alkyl or cyclic N) is 1. The van der Waals surface area contributed by atoms with Crippen molar-refractivity contribution in [2.45, 2.75) is 26.4 Å². The second-order valence-electron chi connectivity index (χ2n) is 7.17. The van der Waals surface area contributed by atoms with Gasteiger partial charge in [-0.1, -0.05) is 17.7 Å². The van der Waals surface area contributed by atoms with Gasteiger partial charge in [0.1, 0.15) is 12.4 Å². The van der Waals surface area contributed by atoms with E-state index in [4.69, 9.17) is 9.47 Å². The molecular weight excluding hydrogens is 471 g/mol. The van der Waals surface area contributed by atoms with Crippen LogP contribution in [0.3, 0.4) is 0 Å². The molecule has 1 aromatic rings. The highest BCUT2D eigenvalue weighted by atomic mass is 127. The zero-order valence-corrected chi connectivity index (χ0v) is 19.6. The molecule has 3 N–H and O–H groups in total. The maximum atomic E-state index is 10.7. The fourth-order valence-electron chi connectivity index (χ4n) is 2.85. The van der Waals surface area contributed by atoms with Crippen LogP contribution in [-0.2, 0) is 4.74 Å². The van der Waals surface area contributed by atoms with E-state index < -0.39 is 5.60 Å². The standard InChI is InChI=1S/C20H34N4O3.HI/c1-4-21-19(22-9-12-27-18-7-5-17(2)6-8-18)23-15-20(3,25)16-24-10-13-26-14-11-24;/h5-8,25H,4,9-16H2,1-3H3,(H2,21,22,23);1H. The van der Waals surface area contributed by atoms with Gasteiger partial charge in [-0.15, -0.1) is 24.0 Å². The Balaban J connectivity index is 0.00000392. The van der Waals surface area contributed by atoms with Crippen molar-refractivity contribution in [1.29, 1.82) is 0 Å². The predicted molar refractivity (Wildman–Crippen MR) is 124 cm³/mol. The molecule has 0 amide bonds. The predicted octanol–water partition coefficient (Wildman–Crippen LogP) is 1.63. The van der Waals surface area contributed by atoms with Crippen LogP contribution in [0, 0.1) is 6.92 Å². The molecule has 160 valence electrons. The third-order valence-electron chi connectivity index (χ3n) is 4.27. The van der Waals surface area contributed by atoms with Crippen molar-refractivity contribution < 1.29 is 14.6 Å². The minimum Gasteiger partial charge on any atom is -0.492 e. The van der Waals surface area contributed by atoms with Gasteiger partial charge in [0.05, 0.1) is 31.9 Å². The van der Waals surface area contributed by atoms with Gasteiger partial charge in [-0.05, 0) is 32.9 Å². The van der Waals surface area contributed by atoms with E-state index in [0.29, 0.717) is 32.2 Å². The van der Waals surface area contributed by atoms with Gasteiger partial charge in [0.25, 0.3) is 0 Å². The summed E-state index contributed by atoms with van der Waals surface area (Å²) in [7, 11) is 0. The van der Waals surface area contributed by atoms with Crippen molar-refractivity contribution in [3.8, 4) is 5.75 Å². The zero-order valence-electron chi connectivity index (χ0n) is 17.2. The van der Waals surface area contributed by atoms with E-state index in [1.165, 1.54) is 5.56 Å². The van der Waals surface area contributed by atoms with Crippen molar-refractivity contribution in [3.63, 3.8) is 0 Å². The van der Waals surface area contributed by atoms with Gasteiger partial charge in [0.2, 0.25) is 0 Å². The van der Waals surface area contributed by atoms with E-state index in [1.807, 2.05) is 38.1 Å². The first-order valence-corrected chi connectivity index (χ1v) is 9.72. The first-order chi connectivity index (χ1) is 13.0. The first-order valence-electron chi connectivity index (χ1n) is 9.72. The number of halogens is 1. The molecule has 0 bridgehead atoms. The summed E-state index contributed by atoms with van der Waals surface area (Å²) in [6.45, 7) is 11.9. The lowest BCUT2D eigenvalue weighted by molar-refractivity contribution is -0.0179. The third-order valence-corrected chi connectivity index (χ3v) is 4.27. The van der Waals surface area contributed by atoms with Crippen molar-refractivity contribution in [3.05, 3.63) is 29.8 Å². The Kier molecular flexibility index (Phi) is 11.7. The van der Waals surface area contributed by atoms with Gasteiger partial charge < -0.3 is 25.2 Å². The number of aliphatic imine (C=N–C) groups is 1. The van der Waals surface area contributed by atoms with E-state index in [1.54, 1.807) is 0 Å². The summed E-state index contributed by atoms with van der Waals surface area (Å²) in [4.78, 5) is 6.75. The van der Waals surface area contributed by atoms with Crippen LogP contribution < -0.4 is 15.4 Å². The molecule has 0 aromatic heterocycles. The van der Waals surface area contributed by atoms with Gasteiger partial charge in [-0.25, -0.2) is 0 Å². The summed E-state index contributed by atoms with van der Waals surface area (Å²) >= 11 is 0. The summed E-state index contributed by atoms with van der Waals surface area (Å²) in [6, 6.07) is 8.00. The number of benzene rings is 1. The average molecular weight is 506 g/mol. The Morgan fingerprint density at radius 3 is 2.57 bits per heavy atom. The lowest BCUT2D eigenvalue weighted by Gasteiger charge is -2.33. The van der Waals surface area contributed by atoms with Crippen molar-refractivity contribution >= 4 is 29.9 Å². The largest absolute Gasteiger partial charge is 0.492 e. The van der Waals surface area contributed by atoms with Gasteiger partial charge in [0.15, 0.2) is 5.96 Å². The Labute approximate surface area is 185 Å². The summed E-state index contributed by atoms with van der Waals surface area (Å²) in [5.41, 5.74) is 0.337. The molecule has 0 spiro atoms. The molecule has 1 aromatic carbocycles. The molecule has 1 unspecified atom stereocenters. The lowest BCUT2D eigenvalue weighted by Crippen LogP contribution is -2.48. The van der Waals surface area contributed by atoms with E-state index >= 15 is 0 Å². The Morgan fingerprint density at radius 1 is 1.25 bits per heavy atom. The molecule has 2 rings (SSSR count). The Morgan fingerprint density at radius 2 is 1.93 bits per heavy atom. The number of morpholine rings is 1. The van der Waals surface area contributed by atoms with Crippen LogP contribution in [0.1, 0.15) is 19.4 Å². The van der Waals surface area contributed by atoms with Crippen molar-refractivity contribution in [2.75, 3.05) is 59.1 Å². The highest BCUT2D eigenvalue weighted by Gasteiger charge is 2.25. The number of hydrogen-bond donors (Lipinski definition) is 3. The van der Waals surface area contributed by atoms with Gasteiger partial charge in [0, 0.05) is 26.2 Å². The molecule has 1 saturated heterocycles. The van der Waals surface area contributed by atoms with E-state index in [0.717, 1.165) is 38.6 Å². The van der Waals surface area contributed by atoms with Crippen LogP contribution in [-0.4, -0.2) is 80.7 Å². The molecule has 1 aliphatic rings. The van der Waals surface area contributed by atoms with E-state index in [2.05, 4.69) is 27.4 Å². The second kappa shape index (κ2) is 13.2. The molecule has 7 nitrogen and oxygen atoms in total. The van der Waals surface area contributed by atoms with Crippen molar-refractivity contribution in [1.82, 2.24) is 15.5 Å². The quantitative estimate of drug-likeness (QED) is 0.205. The first kappa shape index (κ1) is 24.9. The minimum absolute atomic E-state index is 0. The summed E-state index contributed by atoms with van der Waals surface area (Å²) in [5, 5.41) is 17.1. The average Bonchev–Trinajstić information content (AvgIpc) is 2.65. The van der Waals surface area contributed by atoms with Gasteiger partial charge >= 0.3 is 0 Å². The van der Waals surface area contributed by atoms with Crippen LogP contribution >= 0.6 is 24.0 Å². The molecule has 1 fully saturated rings.